The van der Waals surface area contributed by atoms with Crippen molar-refractivity contribution in [1.29, 1.82) is 0 Å². The van der Waals surface area contributed by atoms with Crippen LogP contribution in [0.3, 0.4) is 0 Å². The van der Waals surface area contributed by atoms with Gasteiger partial charge in [0.2, 0.25) is 0 Å². The van der Waals surface area contributed by atoms with Gasteiger partial charge in [0.05, 0.1) is 7.11 Å². The maximum atomic E-state index is 11.8. The van der Waals surface area contributed by atoms with Crippen molar-refractivity contribution in [3.8, 4) is 5.75 Å². The molecule has 0 aliphatic carbocycles. The summed E-state index contributed by atoms with van der Waals surface area (Å²) >= 11 is 0. The van der Waals surface area contributed by atoms with Crippen LogP contribution >= 0.6 is 0 Å². The van der Waals surface area contributed by atoms with Gasteiger partial charge in [-0.25, -0.2) is 4.79 Å². The van der Waals surface area contributed by atoms with Gasteiger partial charge in [-0.15, -0.1) is 0 Å². The number of methoxy groups -OCH3 is 1. The number of hydrogen-bond acceptors (Lipinski definition) is 2. The Morgan fingerprint density at radius 3 is 2.48 bits per heavy atom. The number of carbonyl (C=O) groups is 1. The van der Waals surface area contributed by atoms with Crippen LogP contribution in [0.4, 0.5) is 10.5 Å². The number of hydrogen-bond donors (Lipinski definition) is 2. The summed E-state index contributed by atoms with van der Waals surface area (Å²) < 4.78 is 5.11. The zero-order valence-corrected chi connectivity index (χ0v) is 12.3. The van der Waals surface area contributed by atoms with Gasteiger partial charge in [0.15, 0.2) is 0 Å². The molecule has 0 spiro atoms. The number of aryl methyl sites for hydroxylation is 1. The summed E-state index contributed by atoms with van der Waals surface area (Å²) in [5.41, 5.74) is 3.04. The molecule has 0 unspecified atom stereocenters. The van der Waals surface area contributed by atoms with Crippen LogP contribution in [-0.4, -0.2) is 19.7 Å². The van der Waals surface area contributed by atoms with E-state index >= 15 is 0 Å². The van der Waals surface area contributed by atoms with Gasteiger partial charge in [0.1, 0.15) is 5.75 Å². The van der Waals surface area contributed by atoms with Crippen LogP contribution in [0.25, 0.3) is 0 Å². The summed E-state index contributed by atoms with van der Waals surface area (Å²) in [5.74, 6) is 0.837. The third kappa shape index (κ3) is 4.53. The first kappa shape index (κ1) is 14.9. The Hall–Kier alpha value is -2.49. The van der Waals surface area contributed by atoms with E-state index in [2.05, 4.69) is 10.6 Å². The Kier molecular flexibility index (Phi) is 5.21. The summed E-state index contributed by atoms with van der Waals surface area (Å²) in [7, 11) is 1.65. The fourth-order valence-corrected chi connectivity index (χ4v) is 1.99. The zero-order chi connectivity index (χ0) is 15.1. The zero-order valence-electron chi connectivity index (χ0n) is 12.3. The van der Waals surface area contributed by atoms with Gasteiger partial charge >= 0.3 is 6.03 Å². The van der Waals surface area contributed by atoms with Crippen LogP contribution in [0.5, 0.6) is 5.75 Å². The van der Waals surface area contributed by atoms with E-state index in [1.165, 1.54) is 0 Å². The molecule has 0 atom stereocenters. The Balaban J connectivity index is 1.77. The summed E-state index contributed by atoms with van der Waals surface area (Å²) in [5, 5.41) is 5.70. The molecule has 0 aromatic heterocycles. The number of ether oxygens (including phenoxy) is 1. The molecule has 0 radical (unpaired) electrons. The number of urea groups is 1. The second kappa shape index (κ2) is 7.33. The van der Waals surface area contributed by atoms with Crippen molar-refractivity contribution in [2.75, 3.05) is 19.0 Å². The highest BCUT2D eigenvalue weighted by molar-refractivity contribution is 5.89. The Bertz CT molecular complexity index is 594. The first-order valence-electron chi connectivity index (χ1n) is 6.92. The fraction of sp³-hybridized carbons (Fsp3) is 0.235. The predicted octanol–water partition coefficient (Wildman–Crippen LogP) is 3.37. The summed E-state index contributed by atoms with van der Waals surface area (Å²) in [6.07, 6.45) is 0.783. The number of rotatable bonds is 5. The number of nitrogens with one attached hydrogen (secondary N) is 2. The third-order valence-electron chi connectivity index (χ3n) is 3.25. The lowest BCUT2D eigenvalue weighted by atomic mass is 10.1. The molecular weight excluding hydrogens is 264 g/mol. The van der Waals surface area contributed by atoms with E-state index in [-0.39, 0.29) is 6.03 Å². The van der Waals surface area contributed by atoms with Crippen molar-refractivity contribution < 1.29 is 9.53 Å². The highest BCUT2D eigenvalue weighted by atomic mass is 16.5. The topological polar surface area (TPSA) is 50.4 Å². The van der Waals surface area contributed by atoms with Gasteiger partial charge in [-0.2, -0.15) is 0 Å². The van der Waals surface area contributed by atoms with Gasteiger partial charge in [-0.1, -0.05) is 30.3 Å². The Morgan fingerprint density at radius 2 is 1.81 bits per heavy atom. The van der Waals surface area contributed by atoms with Crippen molar-refractivity contribution in [3.05, 3.63) is 59.7 Å². The quantitative estimate of drug-likeness (QED) is 0.884. The molecule has 0 fully saturated rings. The summed E-state index contributed by atoms with van der Waals surface area (Å²) in [4.78, 5) is 11.8. The van der Waals surface area contributed by atoms with Crippen molar-refractivity contribution >= 4 is 11.7 Å². The SMILES string of the molecule is COc1ccc(CCNC(=O)Nc2ccccc2C)cc1. The van der Waals surface area contributed by atoms with Gasteiger partial charge in [0.25, 0.3) is 0 Å². The fourth-order valence-electron chi connectivity index (χ4n) is 1.99. The molecule has 21 heavy (non-hydrogen) atoms. The molecule has 2 aromatic carbocycles. The van der Waals surface area contributed by atoms with E-state index in [9.17, 15) is 4.79 Å². The standard InChI is InChI=1S/C17H20N2O2/c1-13-5-3-4-6-16(13)19-17(20)18-12-11-14-7-9-15(21-2)10-8-14/h3-10H,11-12H2,1-2H3,(H2,18,19,20). The molecule has 0 heterocycles. The maximum absolute atomic E-state index is 11.8. The molecule has 0 saturated heterocycles. The highest BCUT2D eigenvalue weighted by Crippen LogP contribution is 2.13. The molecule has 0 saturated carbocycles. The highest BCUT2D eigenvalue weighted by Gasteiger charge is 2.03. The van der Waals surface area contributed by atoms with Crippen molar-refractivity contribution in [2.45, 2.75) is 13.3 Å². The second-order valence-electron chi connectivity index (χ2n) is 4.79. The van der Waals surface area contributed by atoms with E-state index in [1.54, 1.807) is 7.11 Å². The van der Waals surface area contributed by atoms with Crippen LogP contribution in [0.1, 0.15) is 11.1 Å². The van der Waals surface area contributed by atoms with Crippen LogP contribution in [0.2, 0.25) is 0 Å². The lowest BCUT2D eigenvalue weighted by molar-refractivity contribution is 0.252. The van der Waals surface area contributed by atoms with Gasteiger partial charge in [-0.3, -0.25) is 0 Å². The molecule has 0 bridgehead atoms. The summed E-state index contributed by atoms with van der Waals surface area (Å²) in [6.45, 7) is 2.55. The van der Waals surface area contributed by atoms with E-state index in [0.29, 0.717) is 6.54 Å². The number of anilines is 1. The maximum Gasteiger partial charge on any atom is 0.319 e. The molecule has 0 aliphatic rings. The van der Waals surface area contributed by atoms with E-state index in [0.717, 1.165) is 29.0 Å². The minimum atomic E-state index is -0.183. The molecule has 2 rings (SSSR count). The molecular formula is C17H20N2O2. The van der Waals surface area contributed by atoms with Crippen LogP contribution < -0.4 is 15.4 Å². The molecule has 2 aromatic rings. The lowest BCUT2D eigenvalue weighted by Gasteiger charge is -2.10. The first-order valence-corrected chi connectivity index (χ1v) is 6.92. The van der Waals surface area contributed by atoms with Crippen LogP contribution in [-0.2, 0) is 6.42 Å². The lowest BCUT2D eigenvalue weighted by Crippen LogP contribution is -2.30. The monoisotopic (exact) mass is 284 g/mol. The predicted molar refractivity (Wildman–Crippen MR) is 84.9 cm³/mol. The smallest absolute Gasteiger partial charge is 0.319 e. The van der Waals surface area contributed by atoms with Crippen molar-refractivity contribution in [1.82, 2.24) is 5.32 Å². The van der Waals surface area contributed by atoms with E-state index < -0.39 is 0 Å². The number of para-hydroxylation sites is 1. The molecule has 110 valence electrons. The molecule has 4 nitrogen and oxygen atoms in total. The van der Waals surface area contributed by atoms with Crippen molar-refractivity contribution in [2.24, 2.45) is 0 Å². The summed E-state index contributed by atoms with van der Waals surface area (Å²) in [6, 6.07) is 15.4. The van der Waals surface area contributed by atoms with Gasteiger partial charge in [-0.05, 0) is 42.7 Å². The second-order valence-corrected chi connectivity index (χ2v) is 4.79. The van der Waals surface area contributed by atoms with Crippen LogP contribution in [0.15, 0.2) is 48.5 Å². The molecule has 0 aliphatic heterocycles. The number of carbonyl (C=O) groups excluding carboxylic acids is 1. The average Bonchev–Trinajstić information content (AvgIpc) is 2.50. The molecule has 2 amide bonds. The normalized spacial score (nSPS) is 10.0. The Labute approximate surface area is 125 Å². The largest absolute Gasteiger partial charge is 0.497 e. The molecule has 4 heteroatoms. The van der Waals surface area contributed by atoms with Crippen LogP contribution in [0, 0.1) is 6.92 Å². The van der Waals surface area contributed by atoms with E-state index in [4.69, 9.17) is 4.74 Å². The Morgan fingerprint density at radius 1 is 1.10 bits per heavy atom. The number of benzene rings is 2. The van der Waals surface area contributed by atoms with Gasteiger partial charge in [0, 0.05) is 12.2 Å². The van der Waals surface area contributed by atoms with E-state index in [1.807, 2.05) is 55.5 Å². The third-order valence-corrected chi connectivity index (χ3v) is 3.25. The first-order chi connectivity index (χ1) is 10.2. The molecule has 2 N–H and O–H groups in total. The van der Waals surface area contributed by atoms with Gasteiger partial charge < -0.3 is 15.4 Å². The number of amides is 2. The minimum Gasteiger partial charge on any atom is -0.497 e. The van der Waals surface area contributed by atoms with Crippen molar-refractivity contribution in [3.63, 3.8) is 0 Å². The average molecular weight is 284 g/mol. The minimum absolute atomic E-state index is 0.183.